The number of rotatable bonds is 7. The first-order valence-corrected chi connectivity index (χ1v) is 38.3. The van der Waals surface area contributed by atoms with Gasteiger partial charge in [-0.1, -0.05) is 242 Å². The number of aryl methyl sites for hydroxylation is 2. The molecule has 7 aromatic rings. The summed E-state index contributed by atoms with van der Waals surface area (Å²) in [6.07, 6.45) is 16.9. The van der Waals surface area contributed by atoms with E-state index in [2.05, 4.69) is 239 Å². The van der Waals surface area contributed by atoms with Crippen LogP contribution in [0.15, 0.2) is 143 Å². The highest BCUT2D eigenvalue weighted by Crippen LogP contribution is 2.46. The predicted octanol–water partition coefficient (Wildman–Crippen LogP) is 28.4. The third kappa shape index (κ3) is 25.2. The van der Waals surface area contributed by atoms with Crippen molar-refractivity contribution in [2.75, 3.05) is 12.5 Å². The molecule has 518 valence electrons. The Morgan fingerprint density at radius 3 is 0.958 bits per heavy atom. The minimum absolute atomic E-state index is 0.0399. The Bertz CT molecular complexity index is 3410. The van der Waals surface area contributed by atoms with E-state index in [0.717, 1.165) is 41.2 Å². The number of thioether (sulfide) groups is 2. The van der Waals surface area contributed by atoms with E-state index in [1.807, 2.05) is 47.6 Å². The smallest absolute Gasteiger partial charge is 0.127 e. The molecule has 0 spiro atoms. The molecule has 0 nitrogen and oxygen atoms in total. The van der Waals surface area contributed by atoms with Crippen LogP contribution < -0.4 is 0 Å². The van der Waals surface area contributed by atoms with E-state index in [1.165, 1.54) is 129 Å². The van der Waals surface area contributed by atoms with Gasteiger partial charge in [0.2, 0.25) is 0 Å². The maximum absolute atomic E-state index is 13.7. The average molecular weight is 1350 g/mol. The minimum Gasteiger partial charge on any atom is -0.207 e. The molecule has 0 radical (unpaired) electrons. The van der Waals surface area contributed by atoms with Crippen molar-refractivity contribution in [3.05, 3.63) is 234 Å². The fraction of sp³-hybridized carbons (Fsp3) is 0.528. The van der Waals surface area contributed by atoms with E-state index < -0.39 is 0 Å². The third-order valence-electron chi connectivity index (χ3n) is 18.7. The fourth-order valence-electron chi connectivity index (χ4n) is 12.0. The van der Waals surface area contributed by atoms with Crippen LogP contribution >= 0.6 is 35.1 Å². The highest BCUT2D eigenvalue weighted by Gasteiger charge is 2.31. The topological polar surface area (TPSA) is 0 Å². The van der Waals surface area contributed by atoms with Crippen LogP contribution in [0.3, 0.4) is 0 Å². The van der Waals surface area contributed by atoms with Gasteiger partial charge in [0.25, 0.3) is 0 Å². The summed E-state index contributed by atoms with van der Waals surface area (Å²) in [5.41, 5.74) is 18.3. The van der Waals surface area contributed by atoms with Gasteiger partial charge in [0, 0.05) is 14.8 Å². The van der Waals surface area contributed by atoms with Crippen LogP contribution in [0.25, 0.3) is 0 Å². The monoisotopic (exact) mass is 1350 g/mol. The molecule has 95 heavy (non-hydrogen) atoms. The first kappa shape index (κ1) is 79.3. The van der Waals surface area contributed by atoms with E-state index in [1.54, 1.807) is 35.2 Å². The van der Waals surface area contributed by atoms with Gasteiger partial charge in [-0.05, 0) is 284 Å². The van der Waals surface area contributed by atoms with Crippen LogP contribution in [0.5, 0.6) is 0 Å². The lowest BCUT2D eigenvalue weighted by molar-refractivity contribution is 0.507. The quantitative estimate of drug-likeness (QED) is 0.146. The van der Waals surface area contributed by atoms with Crippen molar-refractivity contribution in [3.63, 3.8) is 0 Å². The standard InChI is InChI=1S/C14H20.C13H17Cl.C13H16F2.C13H17F.C13H18.C12H18S.C11H16S/c1-10-9-12(11-5-6-11)7-8-13(10)14(2,3)4;1-13(2,3)11-7-6-10(8-12(11)14)9-4-5-9;1-13(2,3)10-7-11(14)9(6-12(10)15)8-4-5-8;1-13(2,3)11-7-6-10(8-12(11)14)9-4-5-9;1-13(2,3)12-8-6-11(7-9-12)10-4-5-10;1-9-8-10(13-5)6-7-11(9)12(2,3)4;1-11(2,3)9-5-7-10(12-4)8-6-9/h7-9,11H,5-6H2,1-4H3;6-9H,4-5H2,1-3H3;6-8H,4-5H2,1-3H3;6-9H,4-5H2,1-3H3;6-10H,4-5H2,1-3H3;6-8H,1-5H3;5-8H,1-4H3. The van der Waals surface area contributed by atoms with Crippen molar-refractivity contribution in [2.45, 2.75) is 301 Å². The Hall–Kier alpha value is -4.68. The molecule has 0 bridgehead atoms. The Labute approximate surface area is 591 Å². The summed E-state index contributed by atoms with van der Waals surface area (Å²) in [5.74, 6) is 2.89. The Kier molecular flexibility index (Phi) is 27.2. The molecular formula is C89H122ClF3S2. The van der Waals surface area contributed by atoms with Crippen LogP contribution in [0.4, 0.5) is 13.2 Å². The molecule has 0 aromatic heterocycles. The highest BCUT2D eigenvalue weighted by molar-refractivity contribution is 7.98. The van der Waals surface area contributed by atoms with Crippen LogP contribution in [0.1, 0.15) is 317 Å². The molecule has 0 unspecified atom stereocenters. The summed E-state index contributed by atoms with van der Waals surface area (Å²) in [5, 5.41) is 0.932. The Balaban J connectivity index is 0.000000176. The zero-order chi connectivity index (χ0) is 71.0. The highest BCUT2D eigenvalue weighted by atomic mass is 35.5. The van der Waals surface area contributed by atoms with Gasteiger partial charge in [-0.25, -0.2) is 13.2 Å². The molecule has 5 fully saturated rings. The van der Waals surface area contributed by atoms with Crippen LogP contribution in [-0.2, 0) is 37.9 Å². The summed E-state index contributed by atoms with van der Waals surface area (Å²) in [4.78, 5) is 2.69. The fourth-order valence-corrected chi connectivity index (χ4v) is 13.4. The zero-order valence-electron chi connectivity index (χ0n) is 63.5. The lowest BCUT2D eigenvalue weighted by Crippen LogP contribution is -2.14. The second-order valence-corrected chi connectivity index (χ2v) is 37.2. The van der Waals surface area contributed by atoms with E-state index in [9.17, 15) is 13.2 Å². The van der Waals surface area contributed by atoms with Crippen molar-refractivity contribution in [1.29, 1.82) is 0 Å². The van der Waals surface area contributed by atoms with Crippen molar-refractivity contribution >= 4 is 35.1 Å². The average Bonchev–Trinajstić information content (AvgIpc) is 1.77. The van der Waals surface area contributed by atoms with E-state index in [0.29, 0.717) is 22.5 Å². The molecule has 7 aromatic carbocycles. The maximum Gasteiger partial charge on any atom is 0.127 e. The number of hydrogen-bond donors (Lipinski definition) is 0. The van der Waals surface area contributed by atoms with Crippen LogP contribution in [0, 0.1) is 31.3 Å². The lowest BCUT2D eigenvalue weighted by Gasteiger charge is -2.22. The molecule has 0 N–H and O–H groups in total. The molecule has 0 aliphatic heterocycles. The molecule has 5 saturated carbocycles. The number of benzene rings is 7. The van der Waals surface area contributed by atoms with Gasteiger partial charge in [-0.3, -0.25) is 0 Å². The van der Waals surface area contributed by atoms with Gasteiger partial charge in [-0.2, -0.15) is 0 Å². The molecule has 6 heteroatoms. The van der Waals surface area contributed by atoms with Crippen molar-refractivity contribution < 1.29 is 13.2 Å². The number of halogens is 4. The summed E-state index contributed by atoms with van der Waals surface area (Å²) in [6.45, 7) is 50.0. The van der Waals surface area contributed by atoms with Gasteiger partial charge in [0.15, 0.2) is 0 Å². The minimum atomic E-state index is -0.340. The van der Waals surface area contributed by atoms with Gasteiger partial charge < -0.3 is 0 Å². The van der Waals surface area contributed by atoms with E-state index in [4.69, 9.17) is 11.6 Å². The van der Waals surface area contributed by atoms with Gasteiger partial charge in [0.05, 0.1) is 0 Å². The summed E-state index contributed by atoms with van der Waals surface area (Å²) in [7, 11) is 0. The first-order valence-electron chi connectivity index (χ1n) is 35.5. The van der Waals surface area contributed by atoms with Gasteiger partial charge in [0.1, 0.15) is 17.5 Å². The molecule has 5 aliphatic rings. The van der Waals surface area contributed by atoms with Crippen LogP contribution in [0.2, 0.25) is 5.02 Å². The molecule has 0 atom stereocenters. The summed E-state index contributed by atoms with van der Waals surface area (Å²) in [6, 6.07) is 46.8. The van der Waals surface area contributed by atoms with E-state index in [-0.39, 0.29) is 55.9 Å². The number of hydrogen-bond acceptors (Lipinski definition) is 2. The molecular weight excluding hydrogens is 1230 g/mol. The largest absolute Gasteiger partial charge is 0.207 e. The van der Waals surface area contributed by atoms with Crippen molar-refractivity contribution in [2.24, 2.45) is 0 Å². The first-order chi connectivity index (χ1) is 43.9. The third-order valence-corrected chi connectivity index (χ3v) is 20.5. The van der Waals surface area contributed by atoms with Gasteiger partial charge in [-0.15, -0.1) is 23.5 Å². The van der Waals surface area contributed by atoms with Gasteiger partial charge >= 0.3 is 0 Å². The SMILES string of the molecule is CC(C)(C)c1cc(F)c(C2CC2)cc1F.CC(C)(C)c1ccc(C2CC2)cc1.CC(C)(C)c1ccc(C2CC2)cc1Cl.CC(C)(C)c1ccc(C2CC2)cc1F.CSc1ccc(C(C)(C)C)c(C)c1.CSc1ccc(C(C)(C)C)cc1.Cc1cc(C2CC2)ccc1C(C)(C)C. The van der Waals surface area contributed by atoms with Crippen LogP contribution in [-0.4, -0.2) is 12.5 Å². The maximum atomic E-state index is 13.7. The second kappa shape index (κ2) is 32.5. The van der Waals surface area contributed by atoms with Crippen molar-refractivity contribution in [1.82, 2.24) is 0 Å². The summed E-state index contributed by atoms with van der Waals surface area (Å²) >= 11 is 9.88. The van der Waals surface area contributed by atoms with Crippen molar-refractivity contribution in [3.8, 4) is 0 Å². The van der Waals surface area contributed by atoms with E-state index >= 15 is 0 Å². The normalized spacial score (nSPS) is 15.7. The molecule has 0 amide bonds. The zero-order valence-corrected chi connectivity index (χ0v) is 65.9. The molecule has 12 rings (SSSR count). The Morgan fingerprint density at radius 1 is 0.295 bits per heavy atom. The molecule has 0 saturated heterocycles. The summed E-state index contributed by atoms with van der Waals surface area (Å²) < 4.78 is 41.2. The predicted molar refractivity (Wildman–Crippen MR) is 414 cm³/mol. The lowest BCUT2D eigenvalue weighted by atomic mass is 9.83. The second-order valence-electron chi connectivity index (χ2n) is 35.1. The Morgan fingerprint density at radius 2 is 0.611 bits per heavy atom. The molecule has 5 aliphatic carbocycles. The molecule has 0 heterocycles.